The smallest absolute Gasteiger partial charge is 0.462 e. The molecule has 3 N–H and O–H groups in total. The highest BCUT2D eigenvalue weighted by Gasteiger charge is 2.30. The quantitative estimate of drug-likeness (QED) is 0.0222. The number of phosphoric ester groups is 2. The lowest BCUT2D eigenvalue weighted by Crippen LogP contribution is -2.30. The van der Waals surface area contributed by atoms with Crippen LogP contribution >= 0.6 is 15.6 Å². The van der Waals surface area contributed by atoms with E-state index in [2.05, 4.69) is 34.6 Å². The van der Waals surface area contributed by atoms with Gasteiger partial charge in [0, 0.05) is 25.7 Å². The lowest BCUT2D eigenvalue weighted by atomic mass is 9.99. The summed E-state index contributed by atoms with van der Waals surface area (Å²) in [5.41, 5.74) is 0. The van der Waals surface area contributed by atoms with Gasteiger partial charge in [0.15, 0.2) is 12.2 Å². The number of rotatable bonds is 62. The van der Waals surface area contributed by atoms with Crippen LogP contribution in [0, 0.1) is 5.92 Å². The second kappa shape index (κ2) is 55.9. The molecule has 0 aromatic heterocycles. The van der Waals surface area contributed by atoms with Crippen molar-refractivity contribution in [3.05, 3.63) is 0 Å². The average Bonchev–Trinajstić information content (AvgIpc) is 3.45. The Labute approximate surface area is 492 Å². The summed E-state index contributed by atoms with van der Waals surface area (Å²) in [5, 5.41) is 10.5. The first-order valence-corrected chi connectivity index (χ1v) is 35.7. The van der Waals surface area contributed by atoms with Gasteiger partial charge in [0.1, 0.15) is 19.3 Å². The van der Waals surface area contributed by atoms with Gasteiger partial charge >= 0.3 is 39.5 Å². The van der Waals surface area contributed by atoms with Gasteiger partial charge in [-0.15, -0.1) is 0 Å². The third-order valence-electron chi connectivity index (χ3n) is 14.6. The molecule has 0 spiro atoms. The minimum atomic E-state index is -4.94. The number of unbranched alkanes of at least 4 members (excludes halogenated alkanes) is 33. The Morgan fingerprint density at radius 3 is 0.877 bits per heavy atom. The Balaban J connectivity index is 5.12. The Morgan fingerprint density at radius 1 is 0.346 bits per heavy atom. The molecule has 0 aliphatic heterocycles. The van der Waals surface area contributed by atoms with Crippen molar-refractivity contribution in [1.82, 2.24) is 0 Å². The van der Waals surface area contributed by atoms with Crippen molar-refractivity contribution in [1.29, 1.82) is 0 Å². The monoisotopic (exact) mass is 1200 g/mol. The molecule has 0 radical (unpaired) electrons. The van der Waals surface area contributed by atoms with Gasteiger partial charge in [0.25, 0.3) is 0 Å². The number of aliphatic hydroxyl groups excluding tert-OH is 1. The Hall–Kier alpha value is -1.94. The fourth-order valence-electron chi connectivity index (χ4n) is 9.20. The summed E-state index contributed by atoms with van der Waals surface area (Å²) >= 11 is 0. The second-order valence-electron chi connectivity index (χ2n) is 22.7. The molecule has 3 unspecified atom stereocenters. The minimum absolute atomic E-state index is 0.104. The molecule has 0 heterocycles. The van der Waals surface area contributed by atoms with Crippen LogP contribution in [0.4, 0.5) is 0 Å². The molecular formula is C62H120O17P2. The molecule has 0 aromatic carbocycles. The summed E-state index contributed by atoms with van der Waals surface area (Å²) in [6.45, 7) is 7.11. The number of aliphatic hydroxyl groups is 1. The van der Waals surface area contributed by atoms with E-state index in [0.717, 1.165) is 109 Å². The van der Waals surface area contributed by atoms with E-state index in [0.29, 0.717) is 25.7 Å². The topological polar surface area (TPSA) is 237 Å². The van der Waals surface area contributed by atoms with Crippen molar-refractivity contribution >= 4 is 39.5 Å². The van der Waals surface area contributed by atoms with Gasteiger partial charge in [-0.25, -0.2) is 9.13 Å². The highest BCUT2D eigenvalue weighted by atomic mass is 31.2. The summed E-state index contributed by atoms with van der Waals surface area (Å²) in [7, 11) is -9.87. The summed E-state index contributed by atoms with van der Waals surface area (Å²) in [5.74, 6) is -1.30. The summed E-state index contributed by atoms with van der Waals surface area (Å²) in [6.07, 6.45) is 39.3. The predicted molar refractivity (Wildman–Crippen MR) is 322 cm³/mol. The number of carbonyl (C=O) groups excluding carboxylic acids is 4. The Kier molecular flexibility index (Phi) is 54.6. The van der Waals surface area contributed by atoms with E-state index in [-0.39, 0.29) is 25.7 Å². The molecule has 0 saturated heterocycles. The molecule has 0 fully saturated rings. The third kappa shape index (κ3) is 55.7. The number of hydrogen-bond acceptors (Lipinski definition) is 15. The lowest BCUT2D eigenvalue weighted by Gasteiger charge is -2.21. The molecule has 0 amide bonds. The predicted octanol–water partition coefficient (Wildman–Crippen LogP) is 17.0. The molecule has 0 aromatic rings. The first-order chi connectivity index (χ1) is 39.1. The molecule has 0 rings (SSSR count). The lowest BCUT2D eigenvalue weighted by molar-refractivity contribution is -0.161. The molecule has 0 bridgehead atoms. The van der Waals surface area contributed by atoms with E-state index >= 15 is 0 Å². The molecule has 0 aliphatic carbocycles. The van der Waals surface area contributed by atoms with E-state index in [9.17, 15) is 43.2 Å². The normalized spacial score (nSPS) is 14.6. The summed E-state index contributed by atoms with van der Waals surface area (Å²) in [6, 6.07) is 0. The minimum Gasteiger partial charge on any atom is -0.462 e. The van der Waals surface area contributed by atoms with Crippen LogP contribution in [0.25, 0.3) is 0 Å². The largest absolute Gasteiger partial charge is 0.472 e. The molecule has 17 nitrogen and oxygen atoms in total. The second-order valence-corrected chi connectivity index (χ2v) is 25.6. The maximum Gasteiger partial charge on any atom is 0.472 e. The van der Waals surface area contributed by atoms with Crippen LogP contribution in [0.15, 0.2) is 0 Å². The highest BCUT2D eigenvalue weighted by molar-refractivity contribution is 7.47. The van der Waals surface area contributed by atoms with E-state index in [1.807, 2.05) is 0 Å². The van der Waals surface area contributed by atoms with Gasteiger partial charge in [-0.3, -0.25) is 37.3 Å². The summed E-state index contributed by atoms with van der Waals surface area (Å²) in [4.78, 5) is 71.8. The first-order valence-electron chi connectivity index (χ1n) is 32.7. The maximum absolute atomic E-state index is 13.0. The van der Waals surface area contributed by atoms with Gasteiger partial charge < -0.3 is 33.8 Å². The van der Waals surface area contributed by atoms with Gasteiger partial charge in [-0.1, -0.05) is 259 Å². The van der Waals surface area contributed by atoms with Crippen molar-refractivity contribution < 1.29 is 80.2 Å². The number of phosphoric acid groups is 2. The van der Waals surface area contributed by atoms with Crippen molar-refractivity contribution in [3.8, 4) is 0 Å². The molecule has 81 heavy (non-hydrogen) atoms. The van der Waals surface area contributed by atoms with Gasteiger partial charge in [0.05, 0.1) is 26.4 Å². The number of ether oxygens (including phenoxy) is 4. The van der Waals surface area contributed by atoms with Crippen LogP contribution < -0.4 is 0 Å². The fraction of sp³-hybridized carbons (Fsp3) is 0.935. The molecule has 0 aliphatic rings. The van der Waals surface area contributed by atoms with Crippen LogP contribution in [-0.4, -0.2) is 96.7 Å². The van der Waals surface area contributed by atoms with E-state index in [4.69, 9.17) is 37.0 Å². The molecule has 480 valence electrons. The zero-order chi connectivity index (χ0) is 59.9. The first kappa shape index (κ1) is 79.1. The van der Waals surface area contributed by atoms with Crippen molar-refractivity contribution in [2.75, 3.05) is 39.6 Å². The van der Waals surface area contributed by atoms with Gasteiger partial charge in [-0.05, 0) is 31.6 Å². The van der Waals surface area contributed by atoms with E-state index < -0.39 is 97.5 Å². The standard InChI is InChI=1S/C62H120O17P2/c1-6-10-13-16-18-20-28-32-36-41-46-60(65)73-52-58(79-62(67)48-43-38-33-29-26-24-22-21-23-25-27-30-35-39-44-55(5)9-4)54-77-81(70,71)75-50-56(63)49-74-80(68,69)76-53-57(51-72-59(64)45-40-34-15-12-8-3)78-61(66)47-42-37-31-19-17-14-11-7-2/h55-58,63H,6-54H2,1-5H3,(H,68,69)(H,70,71)/t55?,56-,57+,58+/m0/s1. The molecule has 6 atom stereocenters. The highest BCUT2D eigenvalue weighted by Crippen LogP contribution is 2.45. The zero-order valence-corrected chi connectivity index (χ0v) is 53.7. The van der Waals surface area contributed by atoms with Crippen LogP contribution in [0.1, 0.15) is 311 Å². The Bertz CT molecular complexity index is 1590. The fourth-order valence-corrected chi connectivity index (χ4v) is 10.8. The van der Waals surface area contributed by atoms with Gasteiger partial charge in [-0.2, -0.15) is 0 Å². The SMILES string of the molecule is CCCCCCCCCCCCC(=O)OC[C@H](COP(=O)(O)OC[C@@H](O)COP(=O)(O)OC[C@@H](COC(=O)CCCCCCC)OC(=O)CCCCCCCCCC)OC(=O)CCCCCCCCCCCCCCCCC(C)CC. The number of hydrogen-bond donors (Lipinski definition) is 3. The van der Waals surface area contributed by atoms with Crippen LogP contribution in [0.3, 0.4) is 0 Å². The molecule has 19 heteroatoms. The molecular weight excluding hydrogens is 1080 g/mol. The van der Waals surface area contributed by atoms with Gasteiger partial charge in [0.2, 0.25) is 0 Å². The van der Waals surface area contributed by atoms with Crippen molar-refractivity contribution in [3.63, 3.8) is 0 Å². The van der Waals surface area contributed by atoms with E-state index in [1.165, 1.54) is 122 Å². The zero-order valence-electron chi connectivity index (χ0n) is 51.9. The number of carbonyl (C=O) groups is 4. The molecule has 0 saturated carbocycles. The number of esters is 4. The third-order valence-corrected chi connectivity index (χ3v) is 16.5. The van der Waals surface area contributed by atoms with Crippen LogP contribution in [0.2, 0.25) is 0 Å². The van der Waals surface area contributed by atoms with Crippen LogP contribution in [-0.2, 0) is 65.4 Å². The summed E-state index contributed by atoms with van der Waals surface area (Å²) < 4.78 is 67.6. The maximum atomic E-state index is 13.0. The van der Waals surface area contributed by atoms with Crippen LogP contribution in [0.5, 0.6) is 0 Å². The average molecular weight is 1200 g/mol. The Morgan fingerprint density at radius 2 is 0.593 bits per heavy atom. The van der Waals surface area contributed by atoms with E-state index in [1.54, 1.807) is 0 Å². The van der Waals surface area contributed by atoms with Crippen molar-refractivity contribution in [2.45, 2.75) is 329 Å². The van der Waals surface area contributed by atoms with Crippen molar-refractivity contribution in [2.24, 2.45) is 5.92 Å².